The number of carbonyl (C=O) groups excluding carboxylic acids is 1. The summed E-state index contributed by atoms with van der Waals surface area (Å²) in [6, 6.07) is 9.77. The van der Waals surface area contributed by atoms with Crippen LogP contribution in [-0.4, -0.2) is 12.5 Å². The summed E-state index contributed by atoms with van der Waals surface area (Å²) in [6.07, 6.45) is 0. The quantitative estimate of drug-likeness (QED) is 0.686. The van der Waals surface area contributed by atoms with Gasteiger partial charge in [0.25, 0.3) is 5.91 Å². The molecule has 1 aromatic carbocycles. The Hall–Kier alpha value is -1.57. The largest absolute Gasteiger partial charge is 0.348 e. The van der Waals surface area contributed by atoms with Crippen molar-refractivity contribution in [2.45, 2.75) is 6.92 Å². The molecule has 2 rings (SSSR count). The van der Waals surface area contributed by atoms with Crippen molar-refractivity contribution < 1.29 is 4.79 Å². The van der Waals surface area contributed by atoms with E-state index >= 15 is 0 Å². The third kappa shape index (κ3) is 1.35. The highest BCUT2D eigenvalue weighted by Crippen LogP contribution is 2.21. The zero-order valence-corrected chi connectivity index (χ0v) is 7.50. The maximum atomic E-state index is 11.4. The summed E-state index contributed by atoms with van der Waals surface area (Å²) in [6.45, 7) is 2.67. The van der Waals surface area contributed by atoms with Gasteiger partial charge in [0.15, 0.2) is 0 Å². The molecule has 0 fully saturated rings. The average molecular weight is 173 g/mol. The highest BCUT2D eigenvalue weighted by Gasteiger charge is 2.20. The van der Waals surface area contributed by atoms with Crippen LogP contribution in [0.3, 0.4) is 0 Å². The van der Waals surface area contributed by atoms with E-state index in [0.29, 0.717) is 6.54 Å². The van der Waals surface area contributed by atoms with Crippen LogP contribution in [0.2, 0.25) is 0 Å². The standard InChI is InChI=1S/C11H11NO/c1-8-7-12-11(13)10(8)9-5-3-2-4-6-9/h2-6H,7H2,1H3,(H,12,13). The molecule has 1 aliphatic heterocycles. The normalized spacial score (nSPS) is 16.2. The van der Waals surface area contributed by atoms with E-state index < -0.39 is 0 Å². The third-order valence-corrected chi connectivity index (χ3v) is 2.23. The Labute approximate surface area is 77.3 Å². The maximum Gasteiger partial charge on any atom is 0.252 e. The van der Waals surface area contributed by atoms with Crippen LogP contribution in [-0.2, 0) is 4.79 Å². The van der Waals surface area contributed by atoms with Crippen molar-refractivity contribution >= 4 is 11.5 Å². The number of carbonyl (C=O) groups is 1. The zero-order chi connectivity index (χ0) is 9.26. The first-order valence-electron chi connectivity index (χ1n) is 4.32. The minimum atomic E-state index is 0.0451. The van der Waals surface area contributed by atoms with Crippen LogP contribution in [0.5, 0.6) is 0 Å². The molecule has 1 aromatic rings. The first-order chi connectivity index (χ1) is 6.29. The molecule has 1 heterocycles. The molecule has 13 heavy (non-hydrogen) atoms. The van der Waals surface area contributed by atoms with Gasteiger partial charge in [-0.15, -0.1) is 0 Å². The minimum absolute atomic E-state index is 0.0451. The van der Waals surface area contributed by atoms with Gasteiger partial charge in [0.05, 0.1) is 0 Å². The Morgan fingerprint density at radius 2 is 1.92 bits per heavy atom. The molecule has 0 saturated heterocycles. The molecule has 66 valence electrons. The Kier molecular flexibility index (Phi) is 1.89. The van der Waals surface area contributed by atoms with E-state index in [1.165, 1.54) is 0 Å². The molecule has 2 heteroatoms. The van der Waals surface area contributed by atoms with Crippen LogP contribution < -0.4 is 5.32 Å². The van der Waals surface area contributed by atoms with E-state index in [1.54, 1.807) is 0 Å². The third-order valence-electron chi connectivity index (χ3n) is 2.23. The molecule has 0 aliphatic carbocycles. The topological polar surface area (TPSA) is 29.1 Å². The van der Waals surface area contributed by atoms with Crippen molar-refractivity contribution in [3.05, 3.63) is 41.5 Å². The fraction of sp³-hybridized carbons (Fsp3) is 0.182. The van der Waals surface area contributed by atoms with Crippen molar-refractivity contribution in [2.24, 2.45) is 0 Å². The second kappa shape index (κ2) is 3.05. The van der Waals surface area contributed by atoms with Gasteiger partial charge in [0.1, 0.15) is 0 Å². The highest BCUT2D eigenvalue weighted by molar-refractivity contribution is 6.22. The van der Waals surface area contributed by atoms with Gasteiger partial charge in [-0.2, -0.15) is 0 Å². The van der Waals surface area contributed by atoms with Gasteiger partial charge in [-0.25, -0.2) is 0 Å². The highest BCUT2D eigenvalue weighted by atomic mass is 16.1. The summed E-state index contributed by atoms with van der Waals surface area (Å²) in [5, 5.41) is 2.80. The lowest BCUT2D eigenvalue weighted by Gasteiger charge is -2.00. The van der Waals surface area contributed by atoms with Crippen molar-refractivity contribution in [1.29, 1.82) is 0 Å². The van der Waals surface area contributed by atoms with Crippen LogP contribution >= 0.6 is 0 Å². The summed E-state index contributed by atoms with van der Waals surface area (Å²) in [7, 11) is 0. The predicted octanol–water partition coefficient (Wildman–Crippen LogP) is 1.59. The Morgan fingerprint density at radius 3 is 2.46 bits per heavy atom. The molecule has 1 aliphatic rings. The molecule has 2 nitrogen and oxygen atoms in total. The van der Waals surface area contributed by atoms with Crippen LogP contribution in [0.1, 0.15) is 12.5 Å². The maximum absolute atomic E-state index is 11.4. The molecule has 0 saturated carbocycles. The first kappa shape index (κ1) is 8.05. The first-order valence-corrected chi connectivity index (χ1v) is 4.32. The predicted molar refractivity (Wildman–Crippen MR) is 52.0 cm³/mol. The second-order valence-electron chi connectivity index (χ2n) is 3.20. The van der Waals surface area contributed by atoms with Gasteiger partial charge in [-0.3, -0.25) is 4.79 Å². The van der Waals surface area contributed by atoms with E-state index in [0.717, 1.165) is 16.7 Å². The van der Waals surface area contributed by atoms with E-state index in [9.17, 15) is 4.79 Å². The SMILES string of the molecule is CC1=C(c2ccccc2)C(=O)NC1. The molecular weight excluding hydrogens is 162 g/mol. The van der Waals surface area contributed by atoms with E-state index in [2.05, 4.69) is 5.32 Å². The van der Waals surface area contributed by atoms with E-state index in [1.807, 2.05) is 37.3 Å². The molecule has 0 atom stereocenters. The van der Waals surface area contributed by atoms with Crippen molar-refractivity contribution in [2.75, 3.05) is 6.54 Å². The molecule has 0 unspecified atom stereocenters. The number of rotatable bonds is 1. The van der Waals surface area contributed by atoms with Gasteiger partial charge >= 0.3 is 0 Å². The lowest BCUT2D eigenvalue weighted by molar-refractivity contribution is -0.114. The lowest BCUT2D eigenvalue weighted by atomic mass is 10.0. The molecular formula is C11H11NO. The minimum Gasteiger partial charge on any atom is -0.348 e. The molecule has 0 radical (unpaired) electrons. The molecule has 0 bridgehead atoms. The number of amides is 1. The summed E-state index contributed by atoms with van der Waals surface area (Å²) in [5.74, 6) is 0.0451. The van der Waals surface area contributed by atoms with Crippen LogP contribution in [0.25, 0.3) is 5.57 Å². The number of hydrogen-bond donors (Lipinski definition) is 1. The van der Waals surface area contributed by atoms with Gasteiger partial charge < -0.3 is 5.32 Å². The number of hydrogen-bond acceptors (Lipinski definition) is 1. The fourth-order valence-corrected chi connectivity index (χ4v) is 1.57. The second-order valence-corrected chi connectivity index (χ2v) is 3.20. The van der Waals surface area contributed by atoms with E-state index in [-0.39, 0.29) is 5.91 Å². The summed E-state index contributed by atoms with van der Waals surface area (Å²) in [4.78, 5) is 11.4. The molecule has 1 N–H and O–H groups in total. The smallest absolute Gasteiger partial charge is 0.252 e. The number of benzene rings is 1. The Bertz CT molecular complexity index is 365. The van der Waals surface area contributed by atoms with Crippen LogP contribution in [0, 0.1) is 0 Å². The molecule has 0 aromatic heterocycles. The van der Waals surface area contributed by atoms with E-state index in [4.69, 9.17) is 0 Å². The lowest BCUT2D eigenvalue weighted by Crippen LogP contribution is -2.16. The van der Waals surface area contributed by atoms with Gasteiger partial charge in [0, 0.05) is 12.1 Å². The van der Waals surface area contributed by atoms with Crippen molar-refractivity contribution in [3.63, 3.8) is 0 Å². The Morgan fingerprint density at radius 1 is 1.23 bits per heavy atom. The fourth-order valence-electron chi connectivity index (χ4n) is 1.57. The van der Waals surface area contributed by atoms with Gasteiger partial charge in [-0.1, -0.05) is 30.3 Å². The van der Waals surface area contributed by atoms with Crippen LogP contribution in [0.4, 0.5) is 0 Å². The summed E-state index contributed by atoms with van der Waals surface area (Å²) < 4.78 is 0. The van der Waals surface area contributed by atoms with Crippen molar-refractivity contribution in [1.82, 2.24) is 5.32 Å². The zero-order valence-electron chi connectivity index (χ0n) is 7.50. The van der Waals surface area contributed by atoms with Gasteiger partial charge in [0.2, 0.25) is 0 Å². The van der Waals surface area contributed by atoms with Crippen LogP contribution in [0.15, 0.2) is 35.9 Å². The number of nitrogens with one attached hydrogen (secondary N) is 1. The monoisotopic (exact) mass is 173 g/mol. The molecule has 0 spiro atoms. The molecule has 1 amide bonds. The summed E-state index contributed by atoms with van der Waals surface area (Å²) in [5.41, 5.74) is 2.96. The Balaban J connectivity index is 2.47. The van der Waals surface area contributed by atoms with Gasteiger partial charge in [-0.05, 0) is 18.1 Å². The van der Waals surface area contributed by atoms with Crippen molar-refractivity contribution in [3.8, 4) is 0 Å². The summed E-state index contributed by atoms with van der Waals surface area (Å²) >= 11 is 0. The average Bonchev–Trinajstić information content (AvgIpc) is 2.48.